The number of fused-ring (bicyclic) bond motifs is 1. The van der Waals surface area contributed by atoms with Crippen LogP contribution < -0.4 is 10.6 Å². The molecular formula is C16H25N5S. The second kappa shape index (κ2) is 8.68. The fourth-order valence-electron chi connectivity index (χ4n) is 2.32. The van der Waals surface area contributed by atoms with Crippen LogP contribution >= 0.6 is 11.8 Å². The molecule has 0 aliphatic rings. The molecule has 1 aromatic heterocycles. The van der Waals surface area contributed by atoms with E-state index in [0.29, 0.717) is 6.54 Å². The third-order valence-corrected chi connectivity index (χ3v) is 4.28. The van der Waals surface area contributed by atoms with Crippen LogP contribution in [0.2, 0.25) is 0 Å². The number of aromatic nitrogens is 2. The predicted octanol–water partition coefficient (Wildman–Crippen LogP) is 2.38. The van der Waals surface area contributed by atoms with Crippen molar-refractivity contribution in [1.82, 2.24) is 20.2 Å². The molecule has 2 aromatic rings. The summed E-state index contributed by atoms with van der Waals surface area (Å²) in [4.78, 5) is 8.91. The van der Waals surface area contributed by atoms with Crippen molar-refractivity contribution < 1.29 is 0 Å². The molecule has 5 nitrogen and oxygen atoms in total. The lowest BCUT2D eigenvalue weighted by atomic mass is 10.3. The molecule has 1 heterocycles. The number of aryl methyl sites for hydroxylation is 1. The summed E-state index contributed by atoms with van der Waals surface area (Å²) in [5.74, 6) is 3.05. The summed E-state index contributed by atoms with van der Waals surface area (Å²) in [5, 5.41) is 6.67. The maximum atomic E-state index is 4.65. The highest BCUT2D eigenvalue weighted by molar-refractivity contribution is 7.98. The molecule has 0 unspecified atom stereocenters. The monoisotopic (exact) mass is 319 g/mol. The first kappa shape index (κ1) is 16.7. The van der Waals surface area contributed by atoms with E-state index in [0.717, 1.165) is 35.8 Å². The average Bonchev–Trinajstić information content (AvgIpc) is 2.87. The highest BCUT2D eigenvalue weighted by atomic mass is 32.2. The Hall–Kier alpha value is -1.69. The normalized spacial score (nSPS) is 11.9. The summed E-state index contributed by atoms with van der Waals surface area (Å²) in [6.45, 7) is 1.61. The lowest BCUT2D eigenvalue weighted by molar-refractivity contribution is 0.710. The summed E-state index contributed by atoms with van der Waals surface area (Å²) in [7, 11) is 3.84. The number of guanidine groups is 1. The third kappa shape index (κ3) is 4.40. The van der Waals surface area contributed by atoms with Crippen molar-refractivity contribution in [2.45, 2.75) is 19.4 Å². The average molecular weight is 319 g/mol. The van der Waals surface area contributed by atoms with Crippen LogP contribution in [0.15, 0.2) is 29.3 Å². The molecule has 0 radical (unpaired) electrons. The van der Waals surface area contributed by atoms with Crippen LogP contribution in [-0.4, -0.2) is 41.1 Å². The van der Waals surface area contributed by atoms with Gasteiger partial charge in [-0.15, -0.1) is 0 Å². The van der Waals surface area contributed by atoms with E-state index in [-0.39, 0.29) is 0 Å². The first-order valence-corrected chi connectivity index (χ1v) is 8.99. The van der Waals surface area contributed by atoms with E-state index in [1.54, 1.807) is 7.05 Å². The minimum absolute atomic E-state index is 0.662. The molecule has 0 saturated heterocycles. The van der Waals surface area contributed by atoms with Crippen LogP contribution in [0.25, 0.3) is 11.0 Å². The number of rotatable bonds is 7. The van der Waals surface area contributed by atoms with E-state index in [1.807, 2.05) is 37.0 Å². The molecule has 0 aliphatic carbocycles. The lowest BCUT2D eigenvalue weighted by Crippen LogP contribution is -2.37. The third-order valence-electron chi connectivity index (χ3n) is 3.59. The maximum Gasteiger partial charge on any atom is 0.191 e. The molecule has 2 rings (SSSR count). The van der Waals surface area contributed by atoms with Gasteiger partial charge in [-0.3, -0.25) is 4.99 Å². The van der Waals surface area contributed by atoms with E-state index in [9.17, 15) is 0 Å². The Bertz CT molecular complexity index is 620. The van der Waals surface area contributed by atoms with Gasteiger partial charge in [-0.25, -0.2) is 4.98 Å². The first-order valence-electron chi connectivity index (χ1n) is 7.60. The number of aliphatic imine (C=N–C) groups is 1. The lowest BCUT2D eigenvalue weighted by Gasteiger charge is -2.11. The molecular weight excluding hydrogens is 294 g/mol. The quantitative estimate of drug-likeness (QED) is 0.467. The van der Waals surface area contributed by atoms with Gasteiger partial charge in [0.05, 0.1) is 17.6 Å². The van der Waals surface area contributed by atoms with Gasteiger partial charge < -0.3 is 15.2 Å². The van der Waals surface area contributed by atoms with Crippen LogP contribution in [0.4, 0.5) is 0 Å². The van der Waals surface area contributed by atoms with Gasteiger partial charge in [0, 0.05) is 20.6 Å². The van der Waals surface area contributed by atoms with Crippen molar-refractivity contribution in [3.8, 4) is 0 Å². The summed E-state index contributed by atoms with van der Waals surface area (Å²) in [5.41, 5.74) is 2.18. The number of imidazole rings is 1. The standard InChI is InChI=1S/C16H25N5S/c1-17-16(18-10-6-7-11-22-3)19-12-15-20-13-8-4-5-9-14(13)21(15)2/h4-5,8-9H,6-7,10-12H2,1-3H3,(H2,17,18,19). The molecule has 0 fully saturated rings. The number of para-hydroxylation sites is 2. The molecule has 0 atom stereocenters. The van der Waals surface area contributed by atoms with Crippen molar-refractivity contribution in [1.29, 1.82) is 0 Å². The number of thioether (sulfide) groups is 1. The molecule has 0 saturated carbocycles. The Morgan fingerprint density at radius 1 is 1.27 bits per heavy atom. The van der Waals surface area contributed by atoms with E-state index in [1.165, 1.54) is 12.2 Å². The van der Waals surface area contributed by atoms with Crippen LogP contribution in [-0.2, 0) is 13.6 Å². The summed E-state index contributed by atoms with van der Waals surface area (Å²) >= 11 is 1.89. The van der Waals surface area contributed by atoms with Gasteiger partial charge in [-0.2, -0.15) is 11.8 Å². The van der Waals surface area contributed by atoms with Crippen LogP contribution in [0.5, 0.6) is 0 Å². The summed E-state index contributed by atoms with van der Waals surface area (Å²) in [6.07, 6.45) is 4.54. The van der Waals surface area contributed by atoms with Crippen molar-refractivity contribution >= 4 is 28.8 Å². The fourth-order valence-corrected chi connectivity index (χ4v) is 2.81. The molecule has 0 aliphatic heterocycles. The number of hydrogen-bond acceptors (Lipinski definition) is 3. The van der Waals surface area contributed by atoms with Crippen molar-refractivity contribution in [3.63, 3.8) is 0 Å². The molecule has 0 amide bonds. The fraction of sp³-hybridized carbons (Fsp3) is 0.500. The Labute approximate surface area is 136 Å². The summed E-state index contributed by atoms with van der Waals surface area (Å²) < 4.78 is 2.12. The molecule has 6 heteroatoms. The Balaban J connectivity index is 1.85. The zero-order chi connectivity index (χ0) is 15.8. The van der Waals surface area contributed by atoms with Gasteiger partial charge in [0.2, 0.25) is 0 Å². The van der Waals surface area contributed by atoms with Crippen molar-refractivity contribution in [2.24, 2.45) is 12.0 Å². The van der Waals surface area contributed by atoms with Gasteiger partial charge in [0.15, 0.2) is 5.96 Å². The van der Waals surface area contributed by atoms with Crippen LogP contribution in [0, 0.1) is 0 Å². The predicted molar refractivity (Wildman–Crippen MR) is 96.5 cm³/mol. The second-order valence-corrected chi connectivity index (χ2v) is 6.11. The van der Waals surface area contributed by atoms with E-state index in [4.69, 9.17) is 0 Å². The molecule has 120 valence electrons. The van der Waals surface area contributed by atoms with Gasteiger partial charge in [-0.05, 0) is 37.0 Å². The second-order valence-electron chi connectivity index (χ2n) is 5.13. The van der Waals surface area contributed by atoms with Gasteiger partial charge in [0.1, 0.15) is 5.82 Å². The molecule has 0 spiro atoms. The number of benzene rings is 1. The first-order chi connectivity index (χ1) is 10.8. The highest BCUT2D eigenvalue weighted by Gasteiger charge is 2.07. The van der Waals surface area contributed by atoms with Crippen LogP contribution in [0.3, 0.4) is 0 Å². The van der Waals surface area contributed by atoms with Gasteiger partial charge in [0.25, 0.3) is 0 Å². The molecule has 2 N–H and O–H groups in total. The largest absolute Gasteiger partial charge is 0.356 e. The van der Waals surface area contributed by atoms with Gasteiger partial charge >= 0.3 is 0 Å². The number of nitrogens with zero attached hydrogens (tertiary/aromatic N) is 3. The van der Waals surface area contributed by atoms with Crippen LogP contribution in [0.1, 0.15) is 18.7 Å². The Morgan fingerprint density at radius 3 is 2.82 bits per heavy atom. The van der Waals surface area contributed by atoms with E-state index < -0.39 is 0 Å². The molecule has 0 bridgehead atoms. The van der Waals surface area contributed by atoms with Crippen molar-refractivity contribution in [2.75, 3.05) is 25.6 Å². The molecule has 22 heavy (non-hydrogen) atoms. The van der Waals surface area contributed by atoms with Crippen molar-refractivity contribution in [3.05, 3.63) is 30.1 Å². The Morgan fingerprint density at radius 2 is 2.09 bits per heavy atom. The summed E-state index contributed by atoms with van der Waals surface area (Å²) in [6, 6.07) is 8.18. The minimum atomic E-state index is 0.662. The minimum Gasteiger partial charge on any atom is -0.356 e. The SMILES string of the molecule is CN=C(NCCCCSC)NCc1nc2ccccc2n1C. The maximum absolute atomic E-state index is 4.65. The molecule has 1 aromatic carbocycles. The van der Waals surface area contributed by atoms with Gasteiger partial charge in [-0.1, -0.05) is 12.1 Å². The Kier molecular flexibility index (Phi) is 6.58. The highest BCUT2D eigenvalue weighted by Crippen LogP contribution is 2.13. The van der Waals surface area contributed by atoms with E-state index >= 15 is 0 Å². The number of unbranched alkanes of at least 4 members (excludes halogenated alkanes) is 1. The smallest absolute Gasteiger partial charge is 0.191 e. The number of nitrogens with one attached hydrogen (secondary N) is 2. The zero-order valence-electron chi connectivity index (χ0n) is 13.6. The van der Waals surface area contributed by atoms with E-state index in [2.05, 4.69) is 37.5 Å². The number of hydrogen-bond donors (Lipinski definition) is 2. The topological polar surface area (TPSA) is 54.2 Å². The zero-order valence-corrected chi connectivity index (χ0v) is 14.4.